The Bertz CT molecular complexity index is 887. The highest BCUT2D eigenvalue weighted by Crippen LogP contribution is 2.35. The van der Waals surface area contributed by atoms with Crippen LogP contribution in [0.15, 0.2) is 42.7 Å². The molecule has 9 nitrogen and oxygen atoms in total. The van der Waals surface area contributed by atoms with Gasteiger partial charge in [-0.2, -0.15) is 0 Å². The highest BCUT2D eigenvalue weighted by atomic mass is 16.6. The van der Waals surface area contributed by atoms with E-state index >= 15 is 0 Å². The van der Waals surface area contributed by atoms with Crippen molar-refractivity contribution in [3.8, 4) is 5.75 Å². The van der Waals surface area contributed by atoms with Crippen LogP contribution in [0.5, 0.6) is 5.75 Å². The quantitative estimate of drug-likeness (QED) is 0.310. The summed E-state index contributed by atoms with van der Waals surface area (Å²) in [7, 11) is 0. The third-order valence-electron chi connectivity index (χ3n) is 4.52. The minimum Gasteiger partial charge on any atom is -0.423 e. The number of fused-ring (bicyclic) bond motifs is 1. The molecule has 1 aromatic heterocycles. The maximum Gasteiger partial charge on any atom is 0.331 e. The van der Waals surface area contributed by atoms with E-state index in [2.05, 4.69) is 4.98 Å². The average Bonchev–Trinajstić information content (AvgIpc) is 2.68. The number of carbonyl (C=O) groups excluding carboxylic acids is 2. The summed E-state index contributed by atoms with van der Waals surface area (Å²) < 4.78 is 5.11. The number of carbonyl (C=O) groups is 2. The van der Waals surface area contributed by atoms with Crippen LogP contribution < -0.4 is 9.64 Å². The number of esters is 1. The second kappa shape index (κ2) is 8.47. The number of amides is 1. The molecule has 0 bridgehead atoms. The summed E-state index contributed by atoms with van der Waals surface area (Å²) >= 11 is 0. The smallest absolute Gasteiger partial charge is 0.331 e. The first-order valence-corrected chi connectivity index (χ1v) is 8.88. The molecule has 0 spiro atoms. The molecule has 0 saturated heterocycles. The third-order valence-corrected chi connectivity index (χ3v) is 4.52. The Balaban J connectivity index is 1.70. The summed E-state index contributed by atoms with van der Waals surface area (Å²) in [6.45, 7) is 2.88. The Morgan fingerprint density at radius 1 is 1.32 bits per heavy atom. The van der Waals surface area contributed by atoms with Crippen LogP contribution in [-0.4, -0.2) is 52.9 Å². The van der Waals surface area contributed by atoms with Crippen LogP contribution in [0.4, 0.5) is 11.4 Å². The number of hydrogen-bond acceptors (Lipinski definition) is 7. The number of nitrogens with zero attached hydrogens (tertiary/aromatic N) is 4. The molecule has 2 aromatic rings. The van der Waals surface area contributed by atoms with Crippen molar-refractivity contribution in [1.82, 2.24) is 9.88 Å². The molecule has 9 heteroatoms. The summed E-state index contributed by atoms with van der Waals surface area (Å²) in [5, 5.41) is 10.9. The summed E-state index contributed by atoms with van der Waals surface area (Å²) in [6, 6.07) is 7.84. The lowest BCUT2D eigenvalue weighted by atomic mass is 10.2. The minimum atomic E-state index is -0.559. The first-order chi connectivity index (χ1) is 13.5. The zero-order valence-corrected chi connectivity index (χ0v) is 15.4. The number of pyridine rings is 1. The fourth-order valence-electron chi connectivity index (χ4n) is 3.03. The maximum atomic E-state index is 12.8. The van der Waals surface area contributed by atoms with E-state index in [9.17, 15) is 19.7 Å². The molecule has 1 aliphatic heterocycles. The van der Waals surface area contributed by atoms with E-state index in [1.807, 2.05) is 19.1 Å². The largest absolute Gasteiger partial charge is 0.423 e. The lowest BCUT2D eigenvalue weighted by Crippen LogP contribution is -2.45. The molecule has 0 aliphatic carbocycles. The Labute approximate surface area is 161 Å². The van der Waals surface area contributed by atoms with E-state index in [-0.39, 0.29) is 30.4 Å². The van der Waals surface area contributed by atoms with E-state index in [1.165, 1.54) is 18.2 Å². The lowest BCUT2D eigenvalue weighted by Gasteiger charge is -2.31. The van der Waals surface area contributed by atoms with Gasteiger partial charge in [0.15, 0.2) is 5.75 Å². The van der Waals surface area contributed by atoms with E-state index in [0.29, 0.717) is 25.2 Å². The molecule has 146 valence electrons. The Morgan fingerprint density at radius 2 is 2.07 bits per heavy atom. The Kier molecular flexibility index (Phi) is 5.83. The highest BCUT2D eigenvalue weighted by molar-refractivity contribution is 5.89. The number of benzene rings is 1. The molecule has 2 heterocycles. The van der Waals surface area contributed by atoms with Crippen molar-refractivity contribution in [2.24, 2.45) is 0 Å². The first-order valence-electron chi connectivity index (χ1n) is 8.88. The molecule has 0 saturated carbocycles. The van der Waals surface area contributed by atoms with Gasteiger partial charge in [-0.3, -0.25) is 19.9 Å². The first kappa shape index (κ1) is 19.3. The molecule has 0 radical (unpaired) electrons. The highest BCUT2D eigenvalue weighted by Gasteiger charge is 2.28. The van der Waals surface area contributed by atoms with Gasteiger partial charge in [0.05, 0.1) is 23.2 Å². The van der Waals surface area contributed by atoms with Crippen molar-refractivity contribution in [3.05, 3.63) is 58.4 Å². The molecular weight excluding hydrogens is 364 g/mol. The van der Waals surface area contributed by atoms with Gasteiger partial charge >= 0.3 is 5.97 Å². The molecule has 0 N–H and O–H groups in total. The van der Waals surface area contributed by atoms with Crippen LogP contribution >= 0.6 is 0 Å². The SMILES string of the molecule is CCN(CCc1ccncc1)C(=O)CN1CC(=O)Oc2cc([N+](=O)[O-])ccc21. The number of aromatic nitrogens is 1. The second-order valence-electron chi connectivity index (χ2n) is 6.32. The average molecular weight is 384 g/mol. The van der Waals surface area contributed by atoms with Crippen molar-refractivity contribution in [2.75, 3.05) is 31.1 Å². The van der Waals surface area contributed by atoms with Crippen molar-refractivity contribution < 1.29 is 19.2 Å². The van der Waals surface area contributed by atoms with Crippen molar-refractivity contribution in [2.45, 2.75) is 13.3 Å². The molecular formula is C19H20N4O5. The van der Waals surface area contributed by atoms with Gasteiger partial charge in [0.25, 0.3) is 5.69 Å². The molecule has 0 unspecified atom stereocenters. The maximum absolute atomic E-state index is 12.8. The van der Waals surface area contributed by atoms with Gasteiger partial charge in [-0.25, -0.2) is 4.79 Å². The molecule has 28 heavy (non-hydrogen) atoms. The number of nitro groups is 1. The molecule has 1 aliphatic rings. The zero-order valence-electron chi connectivity index (χ0n) is 15.4. The number of rotatable bonds is 7. The number of hydrogen-bond donors (Lipinski definition) is 0. The molecule has 0 fully saturated rings. The van der Waals surface area contributed by atoms with E-state index in [1.54, 1.807) is 22.2 Å². The topological polar surface area (TPSA) is 106 Å². The van der Waals surface area contributed by atoms with E-state index < -0.39 is 10.9 Å². The zero-order chi connectivity index (χ0) is 20.1. The van der Waals surface area contributed by atoms with E-state index in [0.717, 1.165) is 5.56 Å². The van der Waals surface area contributed by atoms with Crippen LogP contribution in [0, 0.1) is 10.1 Å². The minimum absolute atomic E-state index is 0.00983. The number of likely N-dealkylation sites (N-methyl/N-ethyl adjacent to an activating group) is 1. The summed E-state index contributed by atoms with van der Waals surface area (Å²) in [4.78, 5) is 42.3. The van der Waals surface area contributed by atoms with Gasteiger partial charge < -0.3 is 14.5 Å². The van der Waals surface area contributed by atoms with E-state index in [4.69, 9.17) is 4.74 Å². The lowest BCUT2D eigenvalue weighted by molar-refractivity contribution is -0.384. The number of ether oxygens (including phenoxy) is 1. The van der Waals surface area contributed by atoms with Crippen LogP contribution in [0.3, 0.4) is 0 Å². The standard InChI is InChI=1S/C19H20N4O5/c1-2-21(10-7-14-5-8-20-9-6-14)18(24)12-22-13-19(25)28-17-11-15(23(26)27)3-4-16(17)22/h3-6,8-9,11H,2,7,10,12-13H2,1H3. The number of anilines is 1. The molecule has 0 atom stereocenters. The van der Waals surface area contributed by atoms with Crippen LogP contribution in [0.1, 0.15) is 12.5 Å². The van der Waals surface area contributed by atoms with Crippen LogP contribution in [0.2, 0.25) is 0 Å². The van der Waals surface area contributed by atoms with Crippen molar-refractivity contribution >= 4 is 23.3 Å². The van der Waals surface area contributed by atoms with Gasteiger partial charge in [-0.1, -0.05) is 0 Å². The summed E-state index contributed by atoms with van der Waals surface area (Å²) in [6.07, 6.45) is 4.12. The predicted molar refractivity (Wildman–Crippen MR) is 101 cm³/mol. The normalized spacial score (nSPS) is 12.9. The van der Waals surface area contributed by atoms with Crippen molar-refractivity contribution in [1.29, 1.82) is 0 Å². The third kappa shape index (κ3) is 4.43. The van der Waals surface area contributed by atoms with Gasteiger partial charge in [0, 0.05) is 31.5 Å². The molecule has 3 rings (SSSR count). The second-order valence-corrected chi connectivity index (χ2v) is 6.32. The van der Waals surface area contributed by atoms with Crippen molar-refractivity contribution in [3.63, 3.8) is 0 Å². The van der Waals surface area contributed by atoms with Gasteiger partial charge in [0.2, 0.25) is 5.91 Å². The van der Waals surface area contributed by atoms with Gasteiger partial charge in [0.1, 0.15) is 6.54 Å². The van der Waals surface area contributed by atoms with Gasteiger partial charge in [-0.15, -0.1) is 0 Å². The fraction of sp³-hybridized carbons (Fsp3) is 0.316. The van der Waals surface area contributed by atoms with Crippen LogP contribution in [0.25, 0.3) is 0 Å². The summed E-state index contributed by atoms with van der Waals surface area (Å²) in [5.41, 5.74) is 1.40. The molecule has 1 aromatic carbocycles. The Hall–Kier alpha value is -3.49. The van der Waals surface area contributed by atoms with Gasteiger partial charge in [-0.05, 0) is 37.1 Å². The molecule has 1 amide bonds. The summed E-state index contributed by atoms with van der Waals surface area (Å²) in [5.74, 6) is -0.589. The number of nitro benzene ring substituents is 1. The fourth-order valence-corrected chi connectivity index (χ4v) is 3.03. The predicted octanol–water partition coefficient (Wildman–Crippen LogP) is 1.81. The monoisotopic (exact) mass is 384 g/mol. The van der Waals surface area contributed by atoms with Crippen LogP contribution in [-0.2, 0) is 16.0 Å². The number of non-ortho nitro benzene ring substituents is 1. The Morgan fingerprint density at radius 3 is 2.75 bits per heavy atom.